The van der Waals surface area contributed by atoms with Gasteiger partial charge in [0, 0.05) is 0 Å². The zero-order valence-electron chi connectivity index (χ0n) is 50.7. The molecule has 0 saturated carbocycles. The van der Waals surface area contributed by atoms with E-state index < -0.39 is 0 Å². The monoisotopic (exact) mass is 981 g/mol. The normalized spacial score (nSPS) is 14.4. The van der Waals surface area contributed by atoms with E-state index in [1.165, 1.54) is 133 Å². The Morgan fingerprint density at radius 1 is 0.216 bits per heavy atom. The van der Waals surface area contributed by atoms with Crippen molar-refractivity contribution < 1.29 is 0 Å². The summed E-state index contributed by atoms with van der Waals surface area (Å²) in [6, 6.07) is 40.9. The van der Waals surface area contributed by atoms with Gasteiger partial charge in [-0.3, -0.25) is 0 Å². The van der Waals surface area contributed by atoms with Crippen LogP contribution in [0.3, 0.4) is 0 Å². The van der Waals surface area contributed by atoms with Crippen LogP contribution in [-0.2, 0) is 56.2 Å². The van der Waals surface area contributed by atoms with Gasteiger partial charge in [-0.25, -0.2) is 0 Å². The highest BCUT2D eigenvalue weighted by Gasteiger charge is 2.38. The van der Waals surface area contributed by atoms with Gasteiger partial charge in [-0.15, -0.1) is 0 Å². The first-order valence-electron chi connectivity index (χ1n) is 28.2. The van der Waals surface area contributed by atoms with E-state index >= 15 is 0 Å². The Balaban J connectivity index is 1.70. The van der Waals surface area contributed by atoms with Gasteiger partial charge in [0.15, 0.2) is 0 Å². The number of rotatable bonds is 4. The van der Waals surface area contributed by atoms with Crippen LogP contribution >= 0.6 is 0 Å². The van der Waals surface area contributed by atoms with Crippen molar-refractivity contribution in [2.75, 3.05) is 0 Å². The first-order chi connectivity index (χ1) is 33.7. The molecule has 0 bridgehead atoms. The summed E-state index contributed by atoms with van der Waals surface area (Å²) in [4.78, 5) is 0. The molecule has 0 nitrogen and oxygen atoms in total. The minimum absolute atomic E-state index is 0.0847. The Kier molecular flexibility index (Phi) is 12.4. The van der Waals surface area contributed by atoms with E-state index in [0.717, 1.165) is 12.8 Å². The summed E-state index contributed by atoms with van der Waals surface area (Å²) in [5, 5.41) is 2.94. The van der Waals surface area contributed by atoms with Crippen LogP contribution in [0, 0.1) is 0 Å². The third-order valence-corrected chi connectivity index (χ3v) is 16.9. The quantitative estimate of drug-likeness (QED) is 0.165. The van der Waals surface area contributed by atoms with E-state index in [-0.39, 0.29) is 43.3 Å². The van der Waals surface area contributed by atoms with Gasteiger partial charge in [-0.1, -0.05) is 263 Å². The third-order valence-electron chi connectivity index (χ3n) is 16.9. The van der Waals surface area contributed by atoms with Gasteiger partial charge < -0.3 is 0 Å². The standard InChI is InChI=1S/C74H92/c1-67(2,3)49-31-45(32-50(39-49)68(4,5)6)60-61(46-33-51(69(7,8)9)40-52(34-46)70(10,11)12)63(48-37-55(73(19,20)21)42-56(38-48)74(22,23)24)66-58-30-28-44-26-25-43-27-29-57(64(58)59(43)44)65(66)62(60)47-35-53(71(13,14)15)41-54(36-47)72(16,17)18/h27-42H,25-26H2,1-24H3. The van der Waals surface area contributed by atoms with Crippen molar-refractivity contribution in [2.24, 2.45) is 0 Å². The highest BCUT2D eigenvalue weighted by atomic mass is 14.4. The van der Waals surface area contributed by atoms with Crippen LogP contribution < -0.4 is 0 Å². The second-order valence-corrected chi connectivity index (χ2v) is 31.2. The summed E-state index contributed by atoms with van der Waals surface area (Å²) in [7, 11) is 0. The Morgan fingerprint density at radius 2 is 0.405 bits per heavy atom. The predicted octanol–water partition coefficient (Wildman–Crippen LogP) is 21.6. The first-order valence-corrected chi connectivity index (χ1v) is 28.2. The maximum atomic E-state index is 2.60. The maximum absolute atomic E-state index is 2.60. The lowest BCUT2D eigenvalue weighted by Gasteiger charge is -2.33. The van der Waals surface area contributed by atoms with E-state index in [2.05, 4.69) is 263 Å². The number of hydrogen-bond acceptors (Lipinski definition) is 0. The van der Waals surface area contributed by atoms with E-state index in [1.807, 2.05) is 0 Å². The highest BCUT2D eigenvalue weighted by molar-refractivity contribution is 6.27. The molecule has 2 aliphatic carbocycles. The molecule has 0 heteroatoms. The molecule has 0 aliphatic heterocycles. The molecular weight excluding hydrogens is 889 g/mol. The number of aryl methyl sites for hydroxylation is 2. The van der Waals surface area contributed by atoms with Crippen LogP contribution in [0.2, 0.25) is 0 Å². The summed E-state index contributed by atoms with van der Waals surface area (Å²) in [5.74, 6) is 0. The van der Waals surface area contributed by atoms with Gasteiger partial charge in [-0.05, 0) is 189 Å². The molecule has 0 amide bonds. The summed E-state index contributed by atoms with van der Waals surface area (Å²) in [6.07, 6.45) is 2.19. The van der Waals surface area contributed by atoms with Crippen LogP contribution in [0.25, 0.3) is 77.5 Å². The lowest BCUT2D eigenvalue weighted by atomic mass is 9.71. The van der Waals surface area contributed by atoms with Gasteiger partial charge in [-0.2, -0.15) is 0 Å². The highest BCUT2D eigenvalue weighted by Crippen LogP contribution is 2.63. The van der Waals surface area contributed by atoms with Gasteiger partial charge in [0.25, 0.3) is 0 Å². The largest absolute Gasteiger partial charge is 0.0578 e. The molecule has 0 aromatic heterocycles. The van der Waals surface area contributed by atoms with Crippen LogP contribution in [0.4, 0.5) is 0 Å². The number of fused-ring (bicyclic) bond motifs is 3. The van der Waals surface area contributed by atoms with E-state index in [0.29, 0.717) is 0 Å². The summed E-state index contributed by atoms with van der Waals surface area (Å²) in [5.41, 5.74) is 29.3. The van der Waals surface area contributed by atoms with Gasteiger partial charge in [0.1, 0.15) is 0 Å². The smallest absolute Gasteiger partial charge is 0.000718 e. The fourth-order valence-corrected chi connectivity index (χ4v) is 11.7. The van der Waals surface area contributed by atoms with Crippen molar-refractivity contribution >= 4 is 10.8 Å². The van der Waals surface area contributed by atoms with Crippen molar-refractivity contribution in [3.05, 3.63) is 153 Å². The lowest BCUT2D eigenvalue weighted by Crippen LogP contribution is -2.18. The predicted molar refractivity (Wildman–Crippen MR) is 327 cm³/mol. The van der Waals surface area contributed by atoms with Crippen molar-refractivity contribution in [3.8, 4) is 66.8 Å². The van der Waals surface area contributed by atoms with Gasteiger partial charge >= 0.3 is 0 Å². The zero-order chi connectivity index (χ0) is 54.6. The Labute approximate surface area is 450 Å². The molecule has 388 valence electrons. The first kappa shape index (κ1) is 53.6. The topological polar surface area (TPSA) is 0 Å². The minimum atomic E-state index is -0.0977. The van der Waals surface area contributed by atoms with Crippen LogP contribution in [-0.4, -0.2) is 0 Å². The fourth-order valence-electron chi connectivity index (χ4n) is 11.7. The van der Waals surface area contributed by atoms with Crippen LogP contribution in [0.1, 0.15) is 222 Å². The van der Waals surface area contributed by atoms with Crippen LogP contribution in [0.5, 0.6) is 0 Å². The molecule has 7 aromatic carbocycles. The van der Waals surface area contributed by atoms with Crippen molar-refractivity contribution in [2.45, 2.75) is 222 Å². The molecule has 0 spiro atoms. The molecule has 0 heterocycles. The summed E-state index contributed by atoms with van der Waals surface area (Å²) in [6.45, 7) is 57.6. The Morgan fingerprint density at radius 3 is 0.595 bits per heavy atom. The number of hydrogen-bond donors (Lipinski definition) is 0. The summed E-state index contributed by atoms with van der Waals surface area (Å²) < 4.78 is 0. The average Bonchev–Trinajstić information content (AvgIpc) is 3.84. The Hall–Kier alpha value is -5.20. The molecule has 0 unspecified atom stereocenters. The fraction of sp³-hybridized carbons (Fsp3) is 0.459. The zero-order valence-corrected chi connectivity index (χ0v) is 50.7. The molecular formula is C74H92. The molecule has 2 aliphatic rings. The second kappa shape index (κ2) is 17.2. The lowest BCUT2D eigenvalue weighted by molar-refractivity contribution is 0.568. The molecule has 0 N–H and O–H groups in total. The van der Waals surface area contributed by atoms with Crippen LogP contribution in [0.15, 0.2) is 97.1 Å². The third kappa shape index (κ3) is 9.57. The van der Waals surface area contributed by atoms with Crippen molar-refractivity contribution in [1.29, 1.82) is 0 Å². The Bertz CT molecular complexity index is 3050. The molecule has 9 rings (SSSR count). The molecule has 0 atom stereocenters. The minimum Gasteiger partial charge on any atom is -0.0578 e. The van der Waals surface area contributed by atoms with Gasteiger partial charge in [0.05, 0.1) is 0 Å². The van der Waals surface area contributed by atoms with Crippen molar-refractivity contribution in [1.82, 2.24) is 0 Å². The molecule has 7 aromatic rings. The van der Waals surface area contributed by atoms with E-state index in [4.69, 9.17) is 0 Å². The molecule has 0 fully saturated rings. The SMILES string of the molecule is CC(C)(C)c1cc(-c2c(-c3cc(C(C)(C)C)cc(C(C)(C)C)c3)c(-c3cc(C(C)(C)C)cc(C(C)(C)C)c3)c3c(c2-c2cc(C(C)(C)C)cc(C(C)(C)C)c2)-c2ccc4c5c(ccc-3c25)CC4)cc(C(C)(C)C)c1. The van der Waals surface area contributed by atoms with Gasteiger partial charge in [0.2, 0.25) is 0 Å². The molecule has 74 heavy (non-hydrogen) atoms. The number of benzene rings is 7. The average molecular weight is 982 g/mol. The maximum Gasteiger partial charge on any atom is -0.000718 e. The molecule has 0 saturated heterocycles. The molecule has 0 radical (unpaired) electrons. The van der Waals surface area contributed by atoms with Crippen molar-refractivity contribution in [3.63, 3.8) is 0 Å². The second-order valence-electron chi connectivity index (χ2n) is 31.2. The van der Waals surface area contributed by atoms with E-state index in [1.54, 1.807) is 0 Å². The van der Waals surface area contributed by atoms with E-state index in [9.17, 15) is 0 Å². The summed E-state index contributed by atoms with van der Waals surface area (Å²) >= 11 is 0.